The molecule has 2 aromatic rings. The maximum absolute atomic E-state index is 10.5. The van der Waals surface area contributed by atoms with Gasteiger partial charge in [-0.05, 0) is 12.8 Å². The fourth-order valence-corrected chi connectivity index (χ4v) is 1.15. The summed E-state index contributed by atoms with van der Waals surface area (Å²) in [5, 5.41) is 15.0. The Bertz CT molecular complexity index is 513. The van der Waals surface area contributed by atoms with E-state index in [4.69, 9.17) is 9.62 Å². The van der Waals surface area contributed by atoms with Gasteiger partial charge in [-0.25, -0.2) is 5.21 Å². The lowest BCUT2D eigenvalue weighted by molar-refractivity contribution is -0.737. The highest BCUT2D eigenvalue weighted by Crippen LogP contribution is 2.30. The number of hydrogen-bond donors (Lipinski definition) is 2. The van der Waals surface area contributed by atoms with E-state index in [-0.39, 0.29) is 10.8 Å². The number of rotatable bonds is 3. The Hall–Kier alpha value is -2.44. The van der Waals surface area contributed by atoms with Crippen LogP contribution in [0.3, 0.4) is 0 Å². The molecule has 2 rings (SSSR count). The molecule has 0 aliphatic heterocycles. The highest BCUT2D eigenvalue weighted by Gasteiger charge is 2.20. The van der Waals surface area contributed by atoms with E-state index in [1.807, 2.05) is 0 Å². The van der Waals surface area contributed by atoms with Crippen molar-refractivity contribution >= 4 is 18.3 Å². The van der Waals surface area contributed by atoms with Crippen LogP contribution in [-0.4, -0.2) is 27.0 Å². The predicted molar refractivity (Wildman–Crippen MR) is 50.6 cm³/mol. The Morgan fingerprint density at radius 1 is 1.60 bits per heavy atom. The molecule has 2 aromatic heterocycles. The lowest BCUT2D eigenvalue weighted by atomic mass is 10.3. The molecule has 0 saturated carbocycles. The van der Waals surface area contributed by atoms with Crippen molar-refractivity contribution in [1.82, 2.24) is 10.2 Å². The third kappa shape index (κ3) is 1.50. The van der Waals surface area contributed by atoms with E-state index in [0.29, 0.717) is 17.1 Å². The minimum absolute atomic E-state index is 0.213. The zero-order valence-electron chi connectivity index (χ0n) is 7.54. The highest BCUT2D eigenvalue weighted by molar-refractivity contribution is 5.69. The third-order valence-corrected chi connectivity index (χ3v) is 1.82. The number of furan rings is 1. The summed E-state index contributed by atoms with van der Waals surface area (Å²) >= 11 is 0. The van der Waals surface area contributed by atoms with Gasteiger partial charge < -0.3 is 4.42 Å². The summed E-state index contributed by atoms with van der Waals surface area (Å²) in [6, 6.07) is 2.84. The first kappa shape index (κ1) is 9.13. The van der Waals surface area contributed by atoms with Gasteiger partial charge in [0.15, 0.2) is 5.76 Å². The Labute approximate surface area is 83.6 Å². The van der Waals surface area contributed by atoms with Crippen LogP contribution in [0.4, 0.5) is 11.6 Å². The molecule has 0 unspecified atom stereocenters. The summed E-state index contributed by atoms with van der Waals surface area (Å²) < 4.78 is 5.04. The van der Waals surface area contributed by atoms with Gasteiger partial charge in [0.05, 0.1) is 17.2 Å². The first-order chi connectivity index (χ1) is 7.22. The molecule has 0 atom stereocenters. The Morgan fingerprint density at radius 2 is 2.40 bits per heavy atom. The Balaban J connectivity index is 2.45. The second-order valence-electron chi connectivity index (χ2n) is 2.70. The van der Waals surface area contributed by atoms with E-state index in [1.54, 1.807) is 0 Å². The molecule has 0 aliphatic carbocycles. The third-order valence-electron chi connectivity index (χ3n) is 1.82. The molecule has 0 radical (unpaired) electrons. The molecular formula is C8H7N4O3+. The van der Waals surface area contributed by atoms with E-state index in [9.17, 15) is 4.91 Å². The van der Waals surface area contributed by atoms with E-state index in [1.165, 1.54) is 18.3 Å². The van der Waals surface area contributed by atoms with Gasteiger partial charge in [-0.3, -0.25) is 10.1 Å². The van der Waals surface area contributed by atoms with Crippen LogP contribution >= 0.6 is 0 Å². The van der Waals surface area contributed by atoms with Crippen LogP contribution < -0.4 is 0 Å². The lowest BCUT2D eigenvalue weighted by Gasteiger charge is -1.90. The number of nitrogens with one attached hydrogen (secondary N) is 1. The molecule has 2 N–H and O–H groups in total. The molecule has 7 heteroatoms. The fourth-order valence-electron chi connectivity index (χ4n) is 1.15. The van der Waals surface area contributed by atoms with Gasteiger partial charge in [-0.2, -0.15) is 5.10 Å². The maximum Gasteiger partial charge on any atom is 0.480 e. The number of aromatic amines is 1. The largest absolute Gasteiger partial charge is 0.480 e. The molecule has 76 valence electrons. The molecule has 0 bridgehead atoms. The van der Waals surface area contributed by atoms with Crippen molar-refractivity contribution in [3.8, 4) is 11.5 Å². The first-order valence-electron chi connectivity index (χ1n) is 3.99. The molecule has 0 aromatic carbocycles. The standard InChI is InChI=1S/C8H7N4O3/c1-9-5-4-10-11-8(5)6-2-3-7(15-6)12(13)14/h2-4H,1H2,(H,10,11)(H,13,14)/q+1. The molecular weight excluding hydrogens is 200 g/mol. The number of hydrogen-bond acceptors (Lipinski definition) is 4. The average Bonchev–Trinajstić information content (AvgIpc) is 2.85. The zero-order valence-corrected chi connectivity index (χ0v) is 7.54. The second-order valence-corrected chi connectivity index (χ2v) is 2.70. The van der Waals surface area contributed by atoms with Crippen LogP contribution in [0.25, 0.3) is 11.5 Å². The summed E-state index contributed by atoms with van der Waals surface area (Å²) in [5.74, 6) is 0.134. The fraction of sp³-hybridized carbons (Fsp3) is 0. The van der Waals surface area contributed by atoms with Crippen molar-refractivity contribution in [2.75, 3.05) is 0 Å². The molecule has 0 fully saturated rings. The average molecular weight is 207 g/mol. The van der Waals surface area contributed by atoms with E-state index in [2.05, 4.69) is 21.9 Å². The SMILES string of the molecule is C=Nc1cn[nH]c1-c1ccc([N+](=O)O)o1. The van der Waals surface area contributed by atoms with Crippen LogP contribution in [0.15, 0.2) is 27.7 Å². The van der Waals surface area contributed by atoms with Crippen molar-refractivity contribution in [2.24, 2.45) is 4.99 Å². The number of nitrogens with zero attached hydrogens (tertiary/aromatic N) is 3. The monoisotopic (exact) mass is 207 g/mol. The Kier molecular flexibility index (Phi) is 2.05. The predicted octanol–water partition coefficient (Wildman–Crippen LogP) is 1.80. The van der Waals surface area contributed by atoms with Gasteiger partial charge in [-0.1, -0.05) is 0 Å². The summed E-state index contributed by atoms with van der Waals surface area (Å²) in [6.45, 7) is 3.36. The number of H-pyrrole nitrogens is 1. The molecule has 2 heterocycles. The van der Waals surface area contributed by atoms with E-state index >= 15 is 0 Å². The van der Waals surface area contributed by atoms with Gasteiger partial charge in [0, 0.05) is 0 Å². The van der Waals surface area contributed by atoms with Crippen LogP contribution in [0.2, 0.25) is 0 Å². The quantitative estimate of drug-likeness (QED) is 0.592. The lowest BCUT2D eigenvalue weighted by Crippen LogP contribution is -1.87. The smallest absolute Gasteiger partial charge is 0.396 e. The summed E-state index contributed by atoms with van der Waals surface area (Å²) in [4.78, 5) is 13.8. The Morgan fingerprint density at radius 3 is 3.00 bits per heavy atom. The molecule has 0 amide bonds. The minimum atomic E-state index is -0.360. The van der Waals surface area contributed by atoms with Crippen molar-refractivity contribution in [3.05, 3.63) is 23.2 Å². The van der Waals surface area contributed by atoms with E-state index < -0.39 is 0 Å². The second kappa shape index (κ2) is 3.37. The van der Waals surface area contributed by atoms with Crippen molar-refractivity contribution in [1.29, 1.82) is 0 Å². The molecule has 0 saturated heterocycles. The molecule has 15 heavy (non-hydrogen) atoms. The zero-order chi connectivity index (χ0) is 10.8. The van der Waals surface area contributed by atoms with Crippen molar-refractivity contribution in [2.45, 2.75) is 0 Å². The van der Waals surface area contributed by atoms with Crippen LogP contribution in [0.5, 0.6) is 0 Å². The van der Waals surface area contributed by atoms with Crippen LogP contribution in [-0.2, 0) is 0 Å². The number of aliphatic imine (C=N–C) groups is 1. The van der Waals surface area contributed by atoms with Crippen LogP contribution in [0, 0.1) is 4.91 Å². The first-order valence-corrected chi connectivity index (χ1v) is 3.99. The van der Waals surface area contributed by atoms with Gasteiger partial charge in [-0.15, -0.1) is 0 Å². The van der Waals surface area contributed by atoms with Gasteiger partial charge in [0.1, 0.15) is 11.4 Å². The van der Waals surface area contributed by atoms with Crippen molar-refractivity contribution < 1.29 is 14.5 Å². The van der Waals surface area contributed by atoms with E-state index in [0.717, 1.165) is 0 Å². The highest BCUT2D eigenvalue weighted by atomic mass is 16.6. The van der Waals surface area contributed by atoms with Crippen LogP contribution in [0.1, 0.15) is 0 Å². The topological polar surface area (TPSA) is 94.5 Å². The minimum Gasteiger partial charge on any atom is -0.396 e. The normalized spacial score (nSPS) is 10.1. The van der Waals surface area contributed by atoms with Crippen molar-refractivity contribution in [3.63, 3.8) is 0 Å². The summed E-state index contributed by atoms with van der Waals surface area (Å²) in [5.41, 5.74) is 1.00. The summed E-state index contributed by atoms with van der Waals surface area (Å²) in [6.07, 6.45) is 1.47. The summed E-state index contributed by atoms with van der Waals surface area (Å²) in [7, 11) is 0. The van der Waals surface area contributed by atoms with Gasteiger partial charge in [0.25, 0.3) is 4.92 Å². The van der Waals surface area contributed by atoms with Gasteiger partial charge in [0.2, 0.25) is 0 Å². The van der Waals surface area contributed by atoms with Gasteiger partial charge >= 0.3 is 5.88 Å². The maximum atomic E-state index is 10.5. The molecule has 0 spiro atoms. The number of aromatic nitrogens is 2. The molecule has 0 aliphatic rings. The molecule has 7 nitrogen and oxygen atoms in total.